The lowest BCUT2D eigenvalue weighted by atomic mass is 10.1. The minimum absolute atomic E-state index is 0.0279. The van der Waals surface area contributed by atoms with Gasteiger partial charge >= 0.3 is 0 Å². The molecule has 3 rings (SSSR count). The number of carbonyl (C=O) groups excluding carboxylic acids is 2. The van der Waals surface area contributed by atoms with Crippen LogP contribution in [0.5, 0.6) is 0 Å². The summed E-state index contributed by atoms with van der Waals surface area (Å²) in [5.41, 5.74) is 3.06. The Balaban J connectivity index is 1.46. The van der Waals surface area contributed by atoms with Crippen molar-refractivity contribution in [1.82, 2.24) is 4.90 Å². The van der Waals surface area contributed by atoms with E-state index in [-0.39, 0.29) is 11.8 Å². The molecule has 0 radical (unpaired) electrons. The molecule has 5 nitrogen and oxygen atoms in total. The van der Waals surface area contributed by atoms with Gasteiger partial charge in [-0.2, -0.15) is 0 Å². The average Bonchev–Trinajstić information content (AvgIpc) is 3.09. The second-order valence-corrected chi connectivity index (χ2v) is 8.67. The maximum Gasteiger partial charge on any atom is 0.279 e. The topological polar surface area (TPSA) is 53.9 Å². The van der Waals surface area contributed by atoms with E-state index in [9.17, 15) is 9.59 Å². The number of rotatable bonds is 5. The third kappa shape index (κ3) is 5.30. The minimum atomic E-state index is 0.0279. The molecular weight excluding hydrogens is 370 g/mol. The molecule has 1 aliphatic rings. The molecular formula is C22H28N3O2S+. The van der Waals surface area contributed by atoms with Crippen molar-refractivity contribution >= 4 is 34.9 Å². The maximum atomic E-state index is 12.4. The van der Waals surface area contributed by atoms with E-state index in [0.29, 0.717) is 19.6 Å². The largest absolute Gasteiger partial charge is 0.328 e. The quantitative estimate of drug-likeness (QED) is 0.758. The molecule has 1 aliphatic heterocycles. The van der Waals surface area contributed by atoms with Crippen LogP contribution in [0.15, 0.2) is 36.4 Å². The van der Waals surface area contributed by atoms with Gasteiger partial charge in [-0.25, -0.2) is 0 Å². The van der Waals surface area contributed by atoms with Crippen molar-refractivity contribution in [3.05, 3.63) is 57.3 Å². The normalized spacial score (nSPS) is 15.2. The average molecular weight is 399 g/mol. The Labute approximate surface area is 170 Å². The Hall–Kier alpha value is -2.44. The Kier molecular flexibility index (Phi) is 6.65. The lowest BCUT2D eigenvalue weighted by Crippen LogP contribution is -3.15. The van der Waals surface area contributed by atoms with Gasteiger partial charge in [-0.05, 0) is 50.1 Å². The number of carbonyl (C=O) groups is 2. The summed E-state index contributed by atoms with van der Waals surface area (Å²) in [6.07, 6.45) is 3.54. The highest BCUT2D eigenvalue weighted by Crippen LogP contribution is 2.19. The van der Waals surface area contributed by atoms with Gasteiger partial charge in [0.2, 0.25) is 5.91 Å². The molecule has 1 fully saturated rings. The third-order valence-electron chi connectivity index (χ3n) is 5.09. The number of piperazine rings is 1. The number of amides is 2. The van der Waals surface area contributed by atoms with Crippen molar-refractivity contribution in [1.29, 1.82) is 0 Å². The number of para-hydroxylation sites is 1. The van der Waals surface area contributed by atoms with Gasteiger partial charge in [-0.15, -0.1) is 11.3 Å². The zero-order valence-electron chi connectivity index (χ0n) is 16.7. The number of thiophene rings is 1. The summed E-state index contributed by atoms with van der Waals surface area (Å²) in [6.45, 7) is 9.44. The number of aryl methyl sites for hydroxylation is 3. The molecule has 0 aliphatic carbocycles. The van der Waals surface area contributed by atoms with E-state index >= 15 is 0 Å². The van der Waals surface area contributed by atoms with Gasteiger partial charge in [0.1, 0.15) is 0 Å². The zero-order valence-corrected chi connectivity index (χ0v) is 17.6. The molecule has 2 heterocycles. The SMILES string of the molecule is Cc1ccc(/C=C/C(=O)N2CC[NH+](CC(=O)Nc3c(C)cccc3C)CC2)s1. The first-order valence-electron chi connectivity index (χ1n) is 9.65. The van der Waals surface area contributed by atoms with Crippen LogP contribution < -0.4 is 10.2 Å². The van der Waals surface area contributed by atoms with Crippen molar-refractivity contribution in [3.8, 4) is 0 Å². The third-order valence-corrected chi connectivity index (χ3v) is 6.06. The van der Waals surface area contributed by atoms with Crippen molar-refractivity contribution in [2.75, 3.05) is 38.0 Å². The summed E-state index contributed by atoms with van der Waals surface area (Å²) in [5, 5.41) is 3.05. The van der Waals surface area contributed by atoms with Gasteiger partial charge in [-0.1, -0.05) is 18.2 Å². The molecule has 1 saturated heterocycles. The Morgan fingerprint density at radius 1 is 1.11 bits per heavy atom. The summed E-state index contributed by atoms with van der Waals surface area (Å²) in [6, 6.07) is 10.1. The fraction of sp³-hybridized carbons (Fsp3) is 0.364. The number of anilines is 1. The van der Waals surface area contributed by atoms with Crippen molar-refractivity contribution < 1.29 is 14.5 Å². The van der Waals surface area contributed by atoms with E-state index in [1.165, 1.54) is 9.78 Å². The lowest BCUT2D eigenvalue weighted by Gasteiger charge is -2.31. The number of benzene rings is 1. The summed E-state index contributed by atoms with van der Waals surface area (Å²) in [4.78, 5) is 30.2. The van der Waals surface area contributed by atoms with Crippen LogP contribution in [-0.2, 0) is 9.59 Å². The number of quaternary nitrogens is 1. The molecule has 148 valence electrons. The highest BCUT2D eigenvalue weighted by molar-refractivity contribution is 7.12. The van der Waals surface area contributed by atoms with Gasteiger partial charge < -0.3 is 15.1 Å². The molecule has 1 aromatic carbocycles. The summed E-state index contributed by atoms with van der Waals surface area (Å²) < 4.78 is 0. The fourth-order valence-electron chi connectivity index (χ4n) is 3.44. The van der Waals surface area contributed by atoms with E-state index in [1.54, 1.807) is 17.4 Å². The van der Waals surface area contributed by atoms with E-state index in [4.69, 9.17) is 0 Å². The van der Waals surface area contributed by atoms with Crippen LogP contribution in [0.4, 0.5) is 5.69 Å². The van der Waals surface area contributed by atoms with Crippen molar-refractivity contribution in [2.24, 2.45) is 0 Å². The predicted molar refractivity (Wildman–Crippen MR) is 115 cm³/mol. The van der Waals surface area contributed by atoms with Gasteiger partial charge in [0.15, 0.2) is 6.54 Å². The van der Waals surface area contributed by atoms with Crippen LogP contribution in [0, 0.1) is 20.8 Å². The molecule has 0 spiro atoms. The fourth-order valence-corrected chi connectivity index (χ4v) is 4.22. The van der Waals surface area contributed by atoms with Crippen LogP contribution in [-0.4, -0.2) is 49.4 Å². The first kappa shape index (κ1) is 20.3. The standard InChI is InChI=1S/C22H27N3O2S/c1-16-5-4-6-17(2)22(16)23-20(26)15-24-11-13-25(14-12-24)21(27)10-9-19-8-7-18(3)28-19/h4-10H,11-15H2,1-3H3,(H,23,26)/p+1/b10-9+. The lowest BCUT2D eigenvalue weighted by molar-refractivity contribution is -0.895. The first-order valence-corrected chi connectivity index (χ1v) is 10.5. The molecule has 28 heavy (non-hydrogen) atoms. The predicted octanol–water partition coefficient (Wildman–Crippen LogP) is 2.05. The van der Waals surface area contributed by atoms with Gasteiger partial charge in [0, 0.05) is 21.5 Å². The summed E-state index contributed by atoms with van der Waals surface area (Å²) in [7, 11) is 0. The van der Waals surface area contributed by atoms with Crippen LogP contribution in [0.2, 0.25) is 0 Å². The van der Waals surface area contributed by atoms with Gasteiger partial charge in [-0.3, -0.25) is 9.59 Å². The highest BCUT2D eigenvalue weighted by atomic mass is 32.1. The number of hydrogen-bond donors (Lipinski definition) is 2. The molecule has 0 unspecified atom stereocenters. The molecule has 0 atom stereocenters. The van der Waals surface area contributed by atoms with E-state index in [2.05, 4.69) is 18.3 Å². The Morgan fingerprint density at radius 2 is 1.79 bits per heavy atom. The van der Waals surface area contributed by atoms with E-state index in [1.807, 2.05) is 49.1 Å². The van der Waals surface area contributed by atoms with Crippen LogP contribution in [0.3, 0.4) is 0 Å². The number of nitrogens with one attached hydrogen (secondary N) is 2. The first-order chi connectivity index (χ1) is 13.4. The molecule has 2 aromatic rings. The second kappa shape index (κ2) is 9.17. The molecule has 1 aromatic heterocycles. The van der Waals surface area contributed by atoms with Crippen LogP contribution >= 0.6 is 11.3 Å². The Morgan fingerprint density at radius 3 is 2.39 bits per heavy atom. The zero-order chi connectivity index (χ0) is 20.1. The smallest absolute Gasteiger partial charge is 0.279 e. The molecule has 0 saturated carbocycles. The number of nitrogens with zero attached hydrogens (tertiary/aromatic N) is 1. The summed E-state index contributed by atoms with van der Waals surface area (Å²) >= 11 is 1.68. The van der Waals surface area contributed by atoms with Crippen molar-refractivity contribution in [2.45, 2.75) is 20.8 Å². The molecule has 0 bridgehead atoms. The maximum absolute atomic E-state index is 12.4. The van der Waals surface area contributed by atoms with Crippen LogP contribution in [0.1, 0.15) is 20.9 Å². The van der Waals surface area contributed by atoms with Crippen LogP contribution in [0.25, 0.3) is 6.08 Å². The minimum Gasteiger partial charge on any atom is -0.328 e. The Bertz CT molecular complexity index is 859. The van der Waals surface area contributed by atoms with E-state index < -0.39 is 0 Å². The highest BCUT2D eigenvalue weighted by Gasteiger charge is 2.24. The van der Waals surface area contributed by atoms with Gasteiger partial charge in [0.05, 0.1) is 26.2 Å². The molecule has 6 heteroatoms. The monoisotopic (exact) mass is 398 g/mol. The number of hydrogen-bond acceptors (Lipinski definition) is 3. The molecule has 2 N–H and O–H groups in total. The van der Waals surface area contributed by atoms with E-state index in [0.717, 1.165) is 34.8 Å². The summed E-state index contributed by atoms with van der Waals surface area (Å²) in [5.74, 6) is 0.0743. The molecule has 2 amide bonds. The van der Waals surface area contributed by atoms with Gasteiger partial charge in [0.25, 0.3) is 5.91 Å². The second-order valence-electron chi connectivity index (χ2n) is 7.35. The van der Waals surface area contributed by atoms with Crippen molar-refractivity contribution in [3.63, 3.8) is 0 Å².